The Kier molecular flexibility index (Phi) is 4.94. The van der Waals surface area contributed by atoms with E-state index in [1.165, 1.54) is 12.8 Å². The van der Waals surface area contributed by atoms with E-state index in [-0.39, 0.29) is 6.04 Å². The number of amides is 3. The van der Waals surface area contributed by atoms with Gasteiger partial charge in [-0.3, -0.25) is 4.79 Å². The number of carbonyl (C=O) groups excluding carboxylic acids is 2. The second kappa shape index (κ2) is 6.23. The van der Waals surface area contributed by atoms with Gasteiger partial charge in [0.25, 0.3) is 0 Å². The Bertz CT molecular complexity index is 341. The van der Waals surface area contributed by atoms with Crippen molar-refractivity contribution in [3.63, 3.8) is 0 Å². The zero-order valence-electron chi connectivity index (χ0n) is 10.3. The maximum absolute atomic E-state index is 11.5. The lowest BCUT2D eigenvalue weighted by molar-refractivity contribution is -0.140. The van der Waals surface area contributed by atoms with Crippen LogP contribution in [0.15, 0.2) is 0 Å². The Morgan fingerprint density at radius 3 is 2.39 bits per heavy atom. The van der Waals surface area contributed by atoms with Gasteiger partial charge in [0.05, 0.1) is 6.42 Å². The Morgan fingerprint density at radius 2 is 1.94 bits per heavy atom. The second-order valence-corrected chi connectivity index (χ2v) is 4.76. The van der Waals surface area contributed by atoms with E-state index in [0.717, 1.165) is 6.42 Å². The molecule has 0 bridgehead atoms. The van der Waals surface area contributed by atoms with Crippen LogP contribution in [-0.4, -0.2) is 35.1 Å². The third kappa shape index (κ3) is 5.51. The van der Waals surface area contributed by atoms with E-state index < -0.39 is 30.4 Å². The number of primary amides is 1. The highest BCUT2D eigenvalue weighted by Crippen LogP contribution is 2.33. The molecule has 0 aromatic rings. The van der Waals surface area contributed by atoms with E-state index in [4.69, 9.17) is 10.8 Å². The molecule has 1 saturated carbocycles. The molecule has 1 fully saturated rings. The third-order valence-electron chi connectivity index (χ3n) is 2.77. The summed E-state index contributed by atoms with van der Waals surface area (Å²) >= 11 is 0. The van der Waals surface area contributed by atoms with Gasteiger partial charge in [0.15, 0.2) is 0 Å². The maximum Gasteiger partial charge on any atom is 0.326 e. The van der Waals surface area contributed by atoms with Crippen molar-refractivity contribution in [3.05, 3.63) is 0 Å². The van der Waals surface area contributed by atoms with E-state index in [2.05, 4.69) is 10.6 Å². The van der Waals surface area contributed by atoms with Gasteiger partial charge in [-0.1, -0.05) is 12.8 Å². The number of urea groups is 1. The highest BCUT2D eigenvalue weighted by Gasteiger charge is 2.26. The molecule has 2 atom stereocenters. The van der Waals surface area contributed by atoms with Crippen molar-refractivity contribution in [2.45, 2.75) is 44.7 Å². The fraction of sp³-hybridized carbons (Fsp3) is 0.727. The van der Waals surface area contributed by atoms with E-state index in [9.17, 15) is 14.4 Å². The van der Waals surface area contributed by atoms with E-state index in [1.807, 2.05) is 6.92 Å². The third-order valence-corrected chi connectivity index (χ3v) is 2.77. The van der Waals surface area contributed by atoms with Crippen LogP contribution < -0.4 is 16.4 Å². The van der Waals surface area contributed by atoms with Crippen molar-refractivity contribution < 1.29 is 19.5 Å². The predicted octanol–water partition coefficient (Wildman–Crippen LogP) is -0.197. The lowest BCUT2D eigenvalue weighted by atomic mass is 10.1. The molecule has 3 amide bonds. The molecule has 0 radical (unpaired) electrons. The number of nitrogens with two attached hydrogens (primary N) is 1. The first-order valence-electron chi connectivity index (χ1n) is 5.96. The van der Waals surface area contributed by atoms with Gasteiger partial charge in [-0.05, 0) is 19.3 Å². The van der Waals surface area contributed by atoms with E-state index in [0.29, 0.717) is 5.92 Å². The average Bonchev–Trinajstić information content (AvgIpc) is 2.99. The molecule has 0 saturated heterocycles. The van der Waals surface area contributed by atoms with E-state index in [1.54, 1.807) is 0 Å². The summed E-state index contributed by atoms with van der Waals surface area (Å²) in [6, 6.07) is -1.88. The number of rotatable bonds is 7. The van der Waals surface area contributed by atoms with Crippen LogP contribution in [0.2, 0.25) is 0 Å². The fourth-order valence-electron chi connectivity index (χ4n) is 1.74. The van der Waals surface area contributed by atoms with Crippen LogP contribution in [0.4, 0.5) is 4.79 Å². The minimum absolute atomic E-state index is 0.0134. The van der Waals surface area contributed by atoms with Crippen LogP contribution in [0.1, 0.15) is 32.6 Å². The Labute approximate surface area is 105 Å². The largest absolute Gasteiger partial charge is 0.480 e. The van der Waals surface area contributed by atoms with Crippen molar-refractivity contribution >= 4 is 17.9 Å². The zero-order valence-corrected chi connectivity index (χ0v) is 10.3. The summed E-state index contributed by atoms with van der Waals surface area (Å²) in [4.78, 5) is 33.0. The minimum atomic E-state index is -1.28. The highest BCUT2D eigenvalue weighted by molar-refractivity contribution is 5.87. The first kappa shape index (κ1) is 14.3. The Balaban J connectivity index is 2.34. The van der Waals surface area contributed by atoms with Gasteiger partial charge in [-0.25, -0.2) is 9.59 Å². The topological polar surface area (TPSA) is 122 Å². The summed E-state index contributed by atoms with van der Waals surface area (Å²) in [7, 11) is 0. The molecule has 1 aliphatic carbocycles. The number of nitrogens with one attached hydrogen (secondary N) is 2. The normalized spacial score (nSPS) is 17.6. The lowest BCUT2D eigenvalue weighted by Gasteiger charge is -2.17. The van der Waals surface area contributed by atoms with E-state index >= 15 is 0 Å². The Hall–Kier alpha value is -1.79. The summed E-state index contributed by atoms with van der Waals surface area (Å²) in [6.45, 7) is 1.86. The molecule has 1 rings (SSSR count). The number of carboxylic acids is 1. The van der Waals surface area contributed by atoms with Crippen LogP contribution in [0, 0.1) is 5.92 Å². The average molecular weight is 257 g/mol. The van der Waals surface area contributed by atoms with Gasteiger partial charge in [0, 0.05) is 6.04 Å². The molecule has 7 heteroatoms. The summed E-state index contributed by atoms with van der Waals surface area (Å²) in [5, 5.41) is 13.7. The maximum atomic E-state index is 11.5. The first-order chi connectivity index (χ1) is 8.38. The molecule has 0 aliphatic heterocycles. The van der Waals surface area contributed by atoms with Gasteiger partial charge >= 0.3 is 12.0 Å². The molecule has 5 N–H and O–H groups in total. The van der Waals surface area contributed by atoms with Crippen molar-refractivity contribution in [1.29, 1.82) is 0 Å². The molecular weight excluding hydrogens is 238 g/mol. The van der Waals surface area contributed by atoms with Gasteiger partial charge in [0.1, 0.15) is 6.04 Å². The van der Waals surface area contributed by atoms with Crippen molar-refractivity contribution in [3.8, 4) is 0 Å². The van der Waals surface area contributed by atoms with Crippen LogP contribution in [0.5, 0.6) is 0 Å². The quantitative estimate of drug-likeness (QED) is 0.504. The zero-order chi connectivity index (χ0) is 13.7. The van der Waals surface area contributed by atoms with Gasteiger partial charge in [-0.2, -0.15) is 0 Å². The molecule has 7 nitrogen and oxygen atoms in total. The number of hydrogen-bond donors (Lipinski definition) is 4. The van der Waals surface area contributed by atoms with Crippen LogP contribution in [-0.2, 0) is 9.59 Å². The molecule has 1 aliphatic rings. The van der Waals surface area contributed by atoms with Gasteiger partial charge < -0.3 is 21.5 Å². The minimum Gasteiger partial charge on any atom is -0.480 e. The summed E-state index contributed by atoms with van der Waals surface area (Å²) in [5.41, 5.74) is 4.91. The van der Waals surface area contributed by atoms with Gasteiger partial charge in [0.2, 0.25) is 5.91 Å². The molecule has 2 unspecified atom stereocenters. The Morgan fingerprint density at radius 1 is 1.33 bits per heavy atom. The molecule has 18 heavy (non-hydrogen) atoms. The summed E-state index contributed by atoms with van der Waals surface area (Å²) in [6.07, 6.45) is 2.85. The standard InChI is InChI=1S/C11H19N3O4/c1-6(4-7-2-3-7)13-11(18)14-8(10(16)17)5-9(12)15/h6-8H,2-5H2,1H3,(H2,12,15)(H,16,17)(H2,13,14,18). The lowest BCUT2D eigenvalue weighted by Crippen LogP contribution is -2.49. The van der Waals surface area contributed by atoms with Crippen molar-refractivity contribution in [2.24, 2.45) is 11.7 Å². The first-order valence-corrected chi connectivity index (χ1v) is 5.96. The van der Waals surface area contributed by atoms with Gasteiger partial charge in [-0.15, -0.1) is 0 Å². The molecule has 102 valence electrons. The number of hydrogen-bond acceptors (Lipinski definition) is 3. The fourth-order valence-corrected chi connectivity index (χ4v) is 1.74. The van der Waals surface area contributed by atoms with Crippen molar-refractivity contribution in [1.82, 2.24) is 10.6 Å². The smallest absolute Gasteiger partial charge is 0.326 e. The molecule has 0 heterocycles. The molecule has 0 aromatic carbocycles. The van der Waals surface area contributed by atoms with Crippen molar-refractivity contribution in [2.75, 3.05) is 0 Å². The summed E-state index contributed by atoms with van der Waals surface area (Å²) < 4.78 is 0. The predicted molar refractivity (Wildman–Crippen MR) is 63.7 cm³/mol. The highest BCUT2D eigenvalue weighted by atomic mass is 16.4. The summed E-state index contributed by atoms with van der Waals surface area (Å²) in [5.74, 6) is -1.38. The number of aliphatic carboxylic acids is 1. The van der Waals surface area contributed by atoms with Crippen LogP contribution >= 0.6 is 0 Å². The van der Waals surface area contributed by atoms with Crippen LogP contribution in [0.25, 0.3) is 0 Å². The van der Waals surface area contributed by atoms with Crippen LogP contribution in [0.3, 0.4) is 0 Å². The second-order valence-electron chi connectivity index (χ2n) is 4.76. The SMILES string of the molecule is CC(CC1CC1)NC(=O)NC(CC(N)=O)C(=O)O. The number of carbonyl (C=O) groups is 3. The monoisotopic (exact) mass is 257 g/mol. The molecule has 0 aromatic heterocycles. The molecular formula is C11H19N3O4. The molecule has 0 spiro atoms. The number of carboxylic acid groups (broad SMARTS) is 1.